The van der Waals surface area contributed by atoms with Gasteiger partial charge in [-0.15, -0.1) is 0 Å². The number of nitrogens with zero attached hydrogens (tertiary/aromatic N) is 2. The fourth-order valence-electron chi connectivity index (χ4n) is 4.56. The molecule has 2 aromatic rings. The van der Waals surface area contributed by atoms with E-state index in [1.165, 1.54) is 0 Å². The minimum absolute atomic E-state index is 0.0197. The zero-order valence-electron chi connectivity index (χ0n) is 16.7. The molecule has 160 valence electrons. The van der Waals surface area contributed by atoms with Crippen LogP contribution in [0.15, 0.2) is 23.0 Å². The van der Waals surface area contributed by atoms with Gasteiger partial charge in [0.05, 0.1) is 36.8 Å². The van der Waals surface area contributed by atoms with Crippen LogP contribution >= 0.6 is 12.2 Å². The summed E-state index contributed by atoms with van der Waals surface area (Å²) >= 11 is 5.42. The maximum atomic E-state index is 13.0. The van der Waals surface area contributed by atoms with E-state index < -0.39 is 5.79 Å². The summed E-state index contributed by atoms with van der Waals surface area (Å²) < 4.78 is 19.0. The normalized spacial score (nSPS) is 23.5. The van der Waals surface area contributed by atoms with Crippen molar-refractivity contribution in [1.82, 2.24) is 14.5 Å². The molecule has 1 N–H and O–H groups in total. The molecule has 3 fully saturated rings. The van der Waals surface area contributed by atoms with Crippen LogP contribution in [0.3, 0.4) is 0 Å². The van der Waals surface area contributed by atoms with Crippen molar-refractivity contribution < 1.29 is 19.0 Å². The Kier molecular flexibility index (Phi) is 5.22. The predicted molar refractivity (Wildman–Crippen MR) is 112 cm³/mol. The van der Waals surface area contributed by atoms with E-state index in [0.717, 1.165) is 19.4 Å². The van der Waals surface area contributed by atoms with Crippen molar-refractivity contribution in [2.75, 3.05) is 32.9 Å². The van der Waals surface area contributed by atoms with Gasteiger partial charge >= 0.3 is 0 Å². The van der Waals surface area contributed by atoms with Gasteiger partial charge in [0.25, 0.3) is 11.5 Å². The number of hydrogen-bond donors (Lipinski definition) is 1. The lowest BCUT2D eigenvalue weighted by molar-refractivity contribution is -0.181. The van der Waals surface area contributed by atoms with Gasteiger partial charge in [-0.1, -0.05) is 0 Å². The van der Waals surface area contributed by atoms with Crippen molar-refractivity contribution in [3.63, 3.8) is 0 Å². The molecule has 3 aliphatic heterocycles. The van der Waals surface area contributed by atoms with Gasteiger partial charge in [-0.3, -0.25) is 14.2 Å². The highest BCUT2D eigenvalue weighted by Crippen LogP contribution is 2.31. The number of carbonyl (C=O) groups is 1. The largest absolute Gasteiger partial charge is 0.376 e. The first-order chi connectivity index (χ1) is 14.5. The summed E-state index contributed by atoms with van der Waals surface area (Å²) in [4.78, 5) is 30.9. The van der Waals surface area contributed by atoms with Crippen LogP contribution in [0.1, 0.15) is 36.0 Å². The van der Waals surface area contributed by atoms with E-state index in [4.69, 9.17) is 26.4 Å². The second kappa shape index (κ2) is 7.88. The molecule has 0 unspecified atom stereocenters. The highest BCUT2D eigenvalue weighted by molar-refractivity contribution is 7.71. The van der Waals surface area contributed by atoms with Crippen LogP contribution in [0, 0.1) is 4.77 Å². The number of ether oxygens (including phenoxy) is 3. The van der Waals surface area contributed by atoms with Crippen LogP contribution in [0.4, 0.5) is 0 Å². The number of H-pyrrole nitrogens is 1. The molecule has 1 amide bonds. The van der Waals surface area contributed by atoms with E-state index in [0.29, 0.717) is 66.9 Å². The Balaban J connectivity index is 1.37. The number of amides is 1. The number of hydrogen-bond acceptors (Lipinski definition) is 6. The highest BCUT2D eigenvalue weighted by Gasteiger charge is 2.40. The first-order valence-electron chi connectivity index (χ1n) is 10.5. The van der Waals surface area contributed by atoms with Gasteiger partial charge in [-0.2, -0.15) is 0 Å². The minimum Gasteiger partial charge on any atom is -0.376 e. The van der Waals surface area contributed by atoms with E-state index in [-0.39, 0.29) is 17.6 Å². The molecule has 9 heteroatoms. The number of carbonyl (C=O) groups excluding carboxylic acids is 1. The Morgan fingerprint density at radius 3 is 2.67 bits per heavy atom. The number of piperidine rings is 1. The zero-order chi connectivity index (χ0) is 20.7. The average Bonchev–Trinajstić information content (AvgIpc) is 3.43. The number of nitrogens with one attached hydrogen (secondary N) is 1. The lowest BCUT2D eigenvalue weighted by Crippen LogP contribution is -2.47. The number of fused-ring (bicyclic) bond motifs is 1. The molecule has 0 aliphatic carbocycles. The Bertz CT molecular complexity index is 1070. The summed E-state index contributed by atoms with van der Waals surface area (Å²) in [7, 11) is 0. The Hall–Kier alpha value is -2.07. The molecule has 5 rings (SSSR count). The van der Waals surface area contributed by atoms with Gasteiger partial charge < -0.3 is 24.1 Å². The summed E-state index contributed by atoms with van der Waals surface area (Å²) in [5, 5.41) is 0.517. The van der Waals surface area contributed by atoms with Crippen molar-refractivity contribution in [1.29, 1.82) is 0 Å². The number of aromatic nitrogens is 2. The molecule has 0 bridgehead atoms. The molecule has 8 nitrogen and oxygen atoms in total. The summed E-state index contributed by atoms with van der Waals surface area (Å²) in [6.07, 6.45) is 3.29. The quantitative estimate of drug-likeness (QED) is 0.750. The zero-order valence-corrected chi connectivity index (χ0v) is 17.5. The van der Waals surface area contributed by atoms with Crippen LogP contribution in [-0.2, 0) is 20.8 Å². The van der Waals surface area contributed by atoms with Crippen molar-refractivity contribution in [3.8, 4) is 0 Å². The molecule has 1 aromatic carbocycles. The average molecular weight is 432 g/mol. The molecule has 0 radical (unpaired) electrons. The van der Waals surface area contributed by atoms with Gasteiger partial charge in [-0.25, -0.2) is 0 Å². The molecular formula is C21H25N3O5S. The molecule has 1 aromatic heterocycles. The molecule has 1 atom stereocenters. The molecule has 3 aliphatic rings. The van der Waals surface area contributed by atoms with E-state index in [2.05, 4.69) is 4.98 Å². The summed E-state index contributed by atoms with van der Waals surface area (Å²) in [5.74, 6) is -0.577. The predicted octanol–water partition coefficient (Wildman–Crippen LogP) is 2.22. The van der Waals surface area contributed by atoms with Crippen LogP contribution in [0.2, 0.25) is 0 Å². The van der Waals surface area contributed by atoms with Gasteiger partial charge in [0.1, 0.15) is 0 Å². The van der Waals surface area contributed by atoms with E-state index in [1.54, 1.807) is 22.8 Å². The molecule has 30 heavy (non-hydrogen) atoms. The lowest BCUT2D eigenvalue weighted by Gasteiger charge is -2.37. The maximum absolute atomic E-state index is 13.0. The van der Waals surface area contributed by atoms with Crippen LogP contribution < -0.4 is 5.56 Å². The summed E-state index contributed by atoms with van der Waals surface area (Å²) in [6.45, 7) is 3.56. The summed E-state index contributed by atoms with van der Waals surface area (Å²) in [6, 6.07) is 5.14. The van der Waals surface area contributed by atoms with Crippen LogP contribution in [-0.4, -0.2) is 65.2 Å². The smallest absolute Gasteiger partial charge is 0.262 e. The number of rotatable bonds is 3. The van der Waals surface area contributed by atoms with Crippen molar-refractivity contribution in [2.45, 2.75) is 44.1 Å². The Morgan fingerprint density at radius 1 is 1.20 bits per heavy atom. The SMILES string of the molecule is O=C(c1ccc2c(=O)n(C[C@@H]3CCCO3)c(=S)[nH]c2c1)N1CCC2(CC1)OCCO2. The van der Waals surface area contributed by atoms with Gasteiger partial charge in [0.2, 0.25) is 0 Å². The van der Waals surface area contributed by atoms with Crippen LogP contribution in [0.25, 0.3) is 10.9 Å². The van der Waals surface area contributed by atoms with Gasteiger partial charge in [0, 0.05) is 38.1 Å². The molecule has 3 saturated heterocycles. The standard InChI is InChI=1S/C21H25N3O5S/c25-18(23-7-5-21(6-8-23)28-10-11-29-21)14-3-4-16-17(12-14)22-20(30)24(19(16)26)13-15-2-1-9-27-15/h3-4,12,15H,1-2,5-11,13H2,(H,22,30)/t15-/m0/s1. The van der Waals surface area contributed by atoms with E-state index >= 15 is 0 Å². The molecule has 1 spiro atoms. The highest BCUT2D eigenvalue weighted by atomic mass is 32.1. The first kappa shape index (κ1) is 19.9. The molecule has 0 saturated carbocycles. The molecular weight excluding hydrogens is 406 g/mol. The lowest BCUT2D eigenvalue weighted by atomic mass is 10.0. The Morgan fingerprint density at radius 2 is 1.97 bits per heavy atom. The Labute approximate surface area is 178 Å². The third-order valence-electron chi connectivity index (χ3n) is 6.27. The fraction of sp³-hybridized carbons (Fsp3) is 0.571. The van der Waals surface area contributed by atoms with Gasteiger partial charge in [0.15, 0.2) is 10.6 Å². The van der Waals surface area contributed by atoms with Crippen LogP contribution in [0.5, 0.6) is 0 Å². The number of likely N-dealkylation sites (tertiary alicyclic amines) is 1. The van der Waals surface area contributed by atoms with Crippen molar-refractivity contribution >= 4 is 29.0 Å². The number of aromatic amines is 1. The minimum atomic E-state index is -0.515. The maximum Gasteiger partial charge on any atom is 0.262 e. The number of benzene rings is 1. The van der Waals surface area contributed by atoms with Gasteiger partial charge in [-0.05, 0) is 43.3 Å². The second-order valence-corrected chi connectivity index (χ2v) is 8.53. The fourth-order valence-corrected chi connectivity index (χ4v) is 4.83. The second-order valence-electron chi connectivity index (χ2n) is 8.14. The van der Waals surface area contributed by atoms with Crippen molar-refractivity contribution in [2.24, 2.45) is 0 Å². The van der Waals surface area contributed by atoms with Crippen molar-refractivity contribution in [3.05, 3.63) is 38.9 Å². The monoisotopic (exact) mass is 431 g/mol. The third-order valence-corrected chi connectivity index (χ3v) is 6.59. The van der Waals surface area contributed by atoms with E-state index in [9.17, 15) is 9.59 Å². The first-order valence-corrected chi connectivity index (χ1v) is 10.9. The summed E-state index contributed by atoms with van der Waals surface area (Å²) in [5.41, 5.74) is 0.961. The molecule has 4 heterocycles. The topological polar surface area (TPSA) is 85.8 Å². The van der Waals surface area contributed by atoms with E-state index in [1.807, 2.05) is 4.90 Å². The third kappa shape index (κ3) is 3.60.